The van der Waals surface area contributed by atoms with E-state index in [1.165, 1.54) is 16.6 Å². The average Bonchev–Trinajstić information content (AvgIpc) is 2.91. The van der Waals surface area contributed by atoms with Crippen LogP contribution in [0, 0.1) is 0 Å². The number of nitrogens with zero attached hydrogens (tertiary/aromatic N) is 1. The first kappa shape index (κ1) is 12.7. The van der Waals surface area contributed by atoms with E-state index >= 15 is 0 Å². The van der Waals surface area contributed by atoms with Crippen molar-refractivity contribution in [2.24, 2.45) is 5.73 Å². The Bertz CT molecular complexity index is 585. The van der Waals surface area contributed by atoms with Gasteiger partial charge in [-0.3, -0.25) is 0 Å². The largest absolute Gasteiger partial charge is 0.370 e. The van der Waals surface area contributed by atoms with E-state index in [0.717, 1.165) is 19.4 Å². The number of hydrogen-bond acceptors (Lipinski definition) is 2. The topological polar surface area (TPSA) is 40.2 Å². The molecule has 1 atom stereocenters. The smallest absolute Gasteiger partial charge is 0.0762 e. The second-order valence-corrected chi connectivity index (χ2v) is 6.05. The number of fused-ring (bicyclic) bond motifs is 1. The number of hydrogen-bond donors (Lipinski definition) is 1. The van der Waals surface area contributed by atoms with Gasteiger partial charge in [0.15, 0.2) is 0 Å². The number of aromatic nitrogens is 1. The molecule has 1 aromatic carbocycles. The second-order valence-electron chi connectivity index (χ2n) is 6.05. The highest BCUT2D eigenvalue weighted by atomic mass is 16.5. The highest BCUT2D eigenvalue weighted by Gasteiger charge is 2.32. The summed E-state index contributed by atoms with van der Waals surface area (Å²) < 4.78 is 8.43. The van der Waals surface area contributed by atoms with Gasteiger partial charge < -0.3 is 15.0 Å². The quantitative estimate of drug-likeness (QED) is 0.919. The summed E-state index contributed by atoms with van der Waals surface area (Å²) in [6.45, 7) is 5.82. The molecule has 0 amide bonds. The zero-order valence-electron chi connectivity index (χ0n) is 11.7. The molecule has 2 heterocycles. The van der Waals surface area contributed by atoms with E-state index in [9.17, 15) is 0 Å². The Morgan fingerprint density at radius 1 is 1.37 bits per heavy atom. The zero-order valence-corrected chi connectivity index (χ0v) is 11.7. The van der Waals surface area contributed by atoms with Crippen LogP contribution in [0.2, 0.25) is 0 Å². The van der Waals surface area contributed by atoms with E-state index in [-0.39, 0.29) is 5.60 Å². The molecule has 0 saturated carbocycles. The minimum Gasteiger partial charge on any atom is -0.370 e. The number of nitrogens with two attached hydrogens (primary N) is 1. The molecule has 3 heteroatoms. The van der Waals surface area contributed by atoms with Gasteiger partial charge in [0.2, 0.25) is 0 Å². The summed E-state index contributed by atoms with van der Waals surface area (Å²) in [6, 6.07) is 10.6. The zero-order chi connectivity index (χ0) is 13.5. The lowest BCUT2D eigenvalue weighted by Gasteiger charge is -2.20. The molecule has 0 radical (unpaired) electrons. The van der Waals surface area contributed by atoms with Gasteiger partial charge in [0.1, 0.15) is 0 Å². The highest BCUT2D eigenvalue weighted by Crippen LogP contribution is 2.31. The van der Waals surface area contributed by atoms with Crippen LogP contribution in [0.5, 0.6) is 0 Å². The second kappa shape index (κ2) is 4.66. The Hall–Kier alpha value is -1.32. The van der Waals surface area contributed by atoms with E-state index in [1.54, 1.807) is 0 Å². The van der Waals surface area contributed by atoms with Crippen molar-refractivity contribution in [2.75, 3.05) is 0 Å². The molecule has 0 bridgehead atoms. The average molecular weight is 258 g/mol. The van der Waals surface area contributed by atoms with Crippen LogP contribution in [-0.2, 0) is 17.8 Å². The molecule has 1 aliphatic heterocycles. The normalized spacial score (nSPS) is 22.2. The van der Waals surface area contributed by atoms with Crippen LogP contribution in [-0.4, -0.2) is 16.3 Å². The maximum Gasteiger partial charge on any atom is 0.0762 e. The molecule has 102 valence electrons. The predicted octanol–water partition coefficient (Wildman–Crippen LogP) is 3.06. The van der Waals surface area contributed by atoms with Crippen LogP contribution in [0.1, 0.15) is 32.4 Å². The molecule has 1 saturated heterocycles. The molecule has 1 aromatic heterocycles. The molecule has 1 unspecified atom stereocenters. The SMILES string of the molecule is CC1(C)CCC(Cn2c(CN)cc3ccccc32)O1. The van der Waals surface area contributed by atoms with E-state index in [2.05, 4.69) is 48.7 Å². The molecule has 2 N–H and O–H groups in total. The highest BCUT2D eigenvalue weighted by molar-refractivity contribution is 5.81. The van der Waals surface area contributed by atoms with E-state index in [4.69, 9.17) is 10.5 Å². The molecule has 3 nitrogen and oxygen atoms in total. The summed E-state index contributed by atoms with van der Waals surface area (Å²) in [6.07, 6.45) is 2.56. The molecule has 1 fully saturated rings. The monoisotopic (exact) mass is 258 g/mol. The minimum atomic E-state index is 0.0243. The van der Waals surface area contributed by atoms with Crippen molar-refractivity contribution >= 4 is 10.9 Å². The summed E-state index contributed by atoms with van der Waals surface area (Å²) in [5.41, 5.74) is 8.35. The molecule has 1 aliphatic rings. The van der Waals surface area contributed by atoms with E-state index < -0.39 is 0 Å². The molecule has 0 spiro atoms. The molecule has 3 rings (SSSR count). The van der Waals surface area contributed by atoms with Gasteiger partial charge in [0.05, 0.1) is 11.7 Å². The van der Waals surface area contributed by atoms with Crippen molar-refractivity contribution in [3.8, 4) is 0 Å². The van der Waals surface area contributed by atoms with Crippen LogP contribution in [0.3, 0.4) is 0 Å². The summed E-state index contributed by atoms with van der Waals surface area (Å²) in [4.78, 5) is 0. The molecular weight excluding hydrogens is 236 g/mol. The number of para-hydroxylation sites is 1. The van der Waals surface area contributed by atoms with Gasteiger partial charge in [-0.15, -0.1) is 0 Å². The van der Waals surface area contributed by atoms with Gasteiger partial charge in [-0.1, -0.05) is 18.2 Å². The molecular formula is C16H22N2O. The van der Waals surface area contributed by atoms with Crippen molar-refractivity contribution in [1.82, 2.24) is 4.57 Å². The van der Waals surface area contributed by atoms with Crippen molar-refractivity contribution in [3.05, 3.63) is 36.0 Å². The van der Waals surface area contributed by atoms with Crippen LogP contribution in [0.4, 0.5) is 0 Å². The fraction of sp³-hybridized carbons (Fsp3) is 0.500. The first-order chi connectivity index (χ1) is 9.09. The van der Waals surface area contributed by atoms with Gasteiger partial charge in [-0.05, 0) is 44.2 Å². The van der Waals surface area contributed by atoms with E-state index in [0.29, 0.717) is 12.6 Å². The van der Waals surface area contributed by atoms with Crippen molar-refractivity contribution in [2.45, 2.75) is 51.5 Å². The van der Waals surface area contributed by atoms with Crippen LogP contribution in [0.15, 0.2) is 30.3 Å². The number of rotatable bonds is 3. The third-order valence-electron chi connectivity index (χ3n) is 4.05. The number of benzene rings is 1. The Balaban J connectivity index is 1.92. The summed E-state index contributed by atoms with van der Waals surface area (Å²) >= 11 is 0. The van der Waals surface area contributed by atoms with Gasteiger partial charge >= 0.3 is 0 Å². The lowest BCUT2D eigenvalue weighted by atomic mass is 10.1. The lowest BCUT2D eigenvalue weighted by Crippen LogP contribution is -2.23. The van der Waals surface area contributed by atoms with Crippen LogP contribution < -0.4 is 5.73 Å². The Morgan fingerprint density at radius 2 is 2.16 bits per heavy atom. The fourth-order valence-corrected chi connectivity index (χ4v) is 3.06. The van der Waals surface area contributed by atoms with Crippen LogP contribution in [0.25, 0.3) is 10.9 Å². The maximum atomic E-state index is 6.11. The van der Waals surface area contributed by atoms with Gasteiger partial charge in [0, 0.05) is 24.3 Å². The Morgan fingerprint density at radius 3 is 2.84 bits per heavy atom. The van der Waals surface area contributed by atoms with Gasteiger partial charge in [-0.25, -0.2) is 0 Å². The number of ether oxygens (including phenoxy) is 1. The predicted molar refractivity (Wildman–Crippen MR) is 78.0 cm³/mol. The van der Waals surface area contributed by atoms with Crippen molar-refractivity contribution < 1.29 is 4.74 Å². The van der Waals surface area contributed by atoms with Crippen molar-refractivity contribution in [1.29, 1.82) is 0 Å². The summed E-state index contributed by atoms with van der Waals surface area (Å²) in [5.74, 6) is 0. The lowest BCUT2D eigenvalue weighted by molar-refractivity contribution is -0.0214. The van der Waals surface area contributed by atoms with Gasteiger partial charge in [-0.2, -0.15) is 0 Å². The Labute approximate surface area is 114 Å². The Kier molecular flexibility index (Phi) is 3.11. The first-order valence-electron chi connectivity index (χ1n) is 7.04. The molecule has 19 heavy (non-hydrogen) atoms. The standard InChI is InChI=1S/C16H22N2O/c1-16(2)8-7-14(19-16)11-18-13(10-17)9-12-5-3-4-6-15(12)18/h3-6,9,14H,7-8,10-11,17H2,1-2H3. The van der Waals surface area contributed by atoms with Crippen LogP contribution >= 0.6 is 0 Å². The first-order valence-corrected chi connectivity index (χ1v) is 7.04. The minimum absolute atomic E-state index is 0.0243. The van der Waals surface area contributed by atoms with Crippen molar-refractivity contribution in [3.63, 3.8) is 0 Å². The summed E-state index contributed by atoms with van der Waals surface area (Å²) in [5, 5.41) is 1.26. The summed E-state index contributed by atoms with van der Waals surface area (Å²) in [7, 11) is 0. The fourth-order valence-electron chi connectivity index (χ4n) is 3.06. The third kappa shape index (κ3) is 2.40. The molecule has 2 aromatic rings. The maximum absolute atomic E-state index is 6.11. The molecule has 0 aliphatic carbocycles. The third-order valence-corrected chi connectivity index (χ3v) is 4.05. The van der Waals surface area contributed by atoms with E-state index in [1.807, 2.05) is 0 Å². The van der Waals surface area contributed by atoms with Gasteiger partial charge in [0.25, 0.3) is 0 Å².